The van der Waals surface area contributed by atoms with Gasteiger partial charge in [-0.1, -0.05) is 18.2 Å². The number of nitrogens with zero attached hydrogens (tertiary/aromatic N) is 2. The molecule has 2 N–H and O–H groups in total. The Kier molecular flexibility index (Phi) is 8.36. The Hall–Kier alpha value is -4.18. The minimum atomic E-state index is -0.557. The average Bonchev–Trinajstić information content (AvgIpc) is 3.63. The van der Waals surface area contributed by atoms with Crippen LogP contribution in [0.3, 0.4) is 0 Å². The molecule has 220 valence electrons. The summed E-state index contributed by atoms with van der Waals surface area (Å²) in [5, 5.41) is 5.92. The first-order valence-corrected chi connectivity index (χ1v) is 15.0. The van der Waals surface area contributed by atoms with Crippen LogP contribution in [0.4, 0.5) is 10.5 Å². The van der Waals surface area contributed by atoms with Crippen molar-refractivity contribution in [2.24, 2.45) is 0 Å². The molecule has 2 heterocycles. The molecule has 42 heavy (non-hydrogen) atoms. The third-order valence-corrected chi connectivity index (χ3v) is 8.26. The number of carbonyl (C=O) groups is 4. The highest BCUT2D eigenvalue weighted by Gasteiger charge is 2.28. The number of amides is 4. The average molecular weight is 589 g/mol. The molecule has 4 amide bonds. The van der Waals surface area contributed by atoms with Crippen molar-refractivity contribution in [3.8, 4) is 10.4 Å². The maximum absolute atomic E-state index is 13.1. The second-order valence-corrected chi connectivity index (χ2v) is 12.8. The highest BCUT2D eigenvalue weighted by molar-refractivity contribution is 7.17. The monoisotopic (exact) mass is 588 g/mol. The SMILES string of the molecule is Cc1ccc(C(=O)NC2CC2)cc1NC(=O)c1ccc(-c2ccc(C(=O)N3CCN(C(=O)OC(C)(C)C)CC3)cc2)s1. The van der Waals surface area contributed by atoms with Crippen molar-refractivity contribution < 1.29 is 23.9 Å². The molecule has 0 atom stereocenters. The van der Waals surface area contributed by atoms with E-state index in [9.17, 15) is 19.2 Å². The molecule has 2 aliphatic rings. The van der Waals surface area contributed by atoms with Gasteiger partial charge in [-0.05, 0) is 88.1 Å². The van der Waals surface area contributed by atoms with Gasteiger partial charge >= 0.3 is 6.09 Å². The van der Waals surface area contributed by atoms with Crippen molar-refractivity contribution in [1.82, 2.24) is 15.1 Å². The Labute approximate surface area is 249 Å². The Morgan fingerprint density at radius 1 is 0.833 bits per heavy atom. The fraction of sp³-hybridized carbons (Fsp3) is 0.375. The molecular weight excluding hydrogens is 552 g/mol. The largest absolute Gasteiger partial charge is 0.444 e. The first kappa shape index (κ1) is 29.3. The van der Waals surface area contributed by atoms with Gasteiger partial charge in [-0.2, -0.15) is 0 Å². The van der Waals surface area contributed by atoms with Gasteiger partial charge in [0.15, 0.2) is 0 Å². The van der Waals surface area contributed by atoms with Crippen LogP contribution in [0.1, 0.15) is 69.6 Å². The standard InChI is InChI=1S/C32H36N4O5S/c1-20-5-6-23(28(37)33-24-11-12-24)19-25(20)34-29(38)27-14-13-26(42-27)21-7-9-22(10-8-21)30(39)35-15-17-36(18-16-35)31(40)41-32(2,3)4/h5-10,13-14,19,24H,11-12,15-18H2,1-4H3,(H,33,37)(H,34,38). The first-order valence-electron chi connectivity index (χ1n) is 14.2. The summed E-state index contributed by atoms with van der Waals surface area (Å²) in [5.74, 6) is -0.456. The van der Waals surface area contributed by atoms with Crippen LogP contribution in [0.2, 0.25) is 0 Å². The Morgan fingerprint density at radius 3 is 2.12 bits per heavy atom. The van der Waals surface area contributed by atoms with E-state index in [1.54, 1.807) is 40.1 Å². The van der Waals surface area contributed by atoms with Crippen LogP contribution in [0.15, 0.2) is 54.6 Å². The van der Waals surface area contributed by atoms with Gasteiger partial charge in [-0.25, -0.2) is 4.79 Å². The van der Waals surface area contributed by atoms with Crippen molar-refractivity contribution in [1.29, 1.82) is 0 Å². The lowest BCUT2D eigenvalue weighted by Crippen LogP contribution is -2.51. The van der Waals surface area contributed by atoms with Gasteiger partial charge in [-0.3, -0.25) is 14.4 Å². The van der Waals surface area contributed by atoms with Crippen molar-refractivity contribution in [2.45, 2.75) is 52.2 Å². The van der Waals surface area contributed by atoms with E-state index in [4.69, 9.17) is 4.74 Å². The fourth-order valence-electron chi connectivity index (χ4n) is 4.57. The lowest BCUT2D eigenvalue weighted by molar-refractivity contribution is 0.0141. The molecule has 9 nitrogen and oxygen atoms in total. The number of carbonyl (C=O) groups excluding carboxylic acids is 4. The molecule has 0 unspecified atom stereocenters. The number of aryl methyl sites for hydroxylation is 1. The first-order chi connectivity index (χ1) is 20.0. The van der Waals surface area contributed by atoms with Crippen LogP contribution in [-0.4, -0.2) is 71.4 Å². The van der Waals surface area contributed by atoms with Gasteiger partial charge in [0.1, 0.15) is 5.60 Å². The lowest BCUT2D eigenvalue weighted by atomic mass is 10.1. The zero-order chi connectivity index (χ0) is 30.0. The minimum absolute atomic E-state index is 0.0833. The number of benzene rings is 2. The second-order valence-electron chi connectivity index (χ2n) is 11.7. The van der Waals surface area contributed by atoms with E-state index < -0.39 is 5.60 Å². The third kappa shape index (κ3) is 7.17. The van der Waals surface area contributed by atoms with E-state index in [1.165, 1.54) is 11.3 Å². The predicted molar refractivity (Wildman–Crippen MR) is 163 cm³/mol. The highest BCUT2D eigenvalue weighted by atomic mass is 32.1. The molecule has 0 bridgehead atoms. The van der Waals surface area contributed by atoms with Crippen LogP contribution < -0.4 is 10.6 Å². The summed E-state index contributed by atoms with van der Waals surface area (Å²) in [6.45, 7) is 9.13. The van der Waals surface area contributed by atoms with Crippen molar-refractivity contribution in [2.75, 3.05) is 31.5 Å². The third-order valence-electron chi connectivity index (χ3n) is 7.13. The normalized spacial score (nSPS) is 15.2. The Morgan fingerprint density at radius 2 is 1.48 bits per heavy atom. The van der Waals surface area contributed by atoms with Crippen LogP contribution in [0.5, 0.6) is 0 Å². The van der Waals surface area contributed by atoms with E-state index in [0.717, 1.165) is 28.8 Å². The van der Waals surface area contributed by atoms with Crippen LogP contribution >= 0.6 is 11.3 Å². The van der Waals surface area contributed by atoms with E-state index in [-0.39, 0.29) is 29.9 Å². The van der Waals surface area contributed by atoms with Crippen molar-refractivity contribution >= 4 is 40.8 Å². The smallest absolute Gasteiger partial charge is 0.410 e. The predicted octanol–water partition coefficient (Wildman–Crippen LogP) is 5.56. The summed E-state index contributed by atoms with van der Waals surface area (Å²) in [4.78, 5) is 55.7. The van der Waals surface area contributed by atoms with Gasteiger partial charge in [0, 0.05) is 53.9 Å². The molecule has 2 fully saturated rings. The number of thiophene rings is 1. The number of hydrogen-bond acceptors (Lipinski definition) is 6. The van der Waals surface area contributed by atoms with E-state index in [0.29, 0.717) is 47.9 Å². The lowest BCUT2D eigenvalue weighted by Gasteiger charge is -2.35. The zero-order valence-corrected chi connectivity index (χ0v) is 25.2. The molecule has 1 aliphatic carbocycles. The van der Waals surface area contributed by atoms with Crippen molar-refractivity contribution in [3.63, 3.8) is 0 Å². The summed E-state index contributed by atoms with van der Waals surface area (Å²) in [6, 6.07) is 16.6. The summed E-state index contributed by atoms with van der Waals surface area (Å²) >= 11 is 1.36. The molecule has 1 aliphatic heterocycles. The molecule has 1 aromatic heterocycles. The van der Waals surface area contributed by atoms with Gasteiger partial charge in [-0.15, -0.1) is 11.3 Å². The molecule has 1 saturated carbocycles. The van der Waals surface area contributed by atoms with Gasteiger partial charge in [0.25, 0.3) is 17.7 Å². The molecule has 10 heteroatoms. The van der Waals surface area contributed by atoms with E-state index >= 15 is 0 Å². The summed E-state index contributed by atoms with van der Waals surface area (Å²) < 4.78 is 5.44. The molecular formula is C32H36N4O5S. The van der Waals surface area contributed by atoms with Crippen LogP contribution in [-0.2, 0) is 4.74 Å². The molecule has 2 aromatic carbocycles. The molecule has 5 rings (SSSR count). The number of rotatable bonds is 6. The van der Waals surface area contributed by atoms with E-state index in [1.807, 2.05) is 52.0 Å². The second kappa shape index (κ2) is 12.0. The molecule has 3 aromatic rings. The fourth-order valence-corrected chi connectivity index (χ4v) is 5.48. The van der Waals surface area contributed by atoms with Crippen LogP contribution in [0.25, 0.3) is 10.4 Å². The Balaban J connectivity index is 1.18. The maximum atomic E-state index is 13.1. The van der Waals surface area contributed by atoms with E-state index in [2.05, 4.69) is 10.6 Å². The highest BCUT2D eigenvalue weighted by Crippen LogP contribution is 2.30. The number of hydrogen-bond donors (Lipinski definition) is 2. The Bertz CT molecular complexity index is 1500. The minimum Gasteiger partial charge on any atom is -0.444 e. The zero-order valence-electron chi connectivity index (χ0n) is 24.4. The molecule has 1 saturated heterocycles. The van der Waals surface area contributed by atoms with Gasteiger partial charge in [0.2, 0.25) is 0 Å². The molecule has 0 radical (unpaired) electrons. The summed E-state index contributed by atoms with van der Waals surface area (Å²) in [5.41, 5.74) is 2.91. The maximum Gasteiger partial charge on any atom is 0.410 e. The van der Waals surface area contributed by atoms with Crippen LogP contribution in [0, 0.1) is 6.92 Å². The summed E-state index contributed by atoms with van der Waals surface area (Å²) in [7, 11) is 0. The topological polar surface area (TPSA) is 108 Å². The molecule has 0 spiro atoms. The van der Waals surface area contributed by atoms with Gasteiger partial charge in [0.05, 0.1) is 4.88 Å². The summed E-state index contributed by atoms with van der Waals surface area (Å²) in [6.07, 6.45) is 1.66. The van der Waals surface area contributed by atoms with Gasteiger partial charge < -0.3 is 25.2 Å². The number of piperazine rings is 1. The number of ether oxygens (including phenoxy) is 1. The quantitative estimate of drug-likeness (QED) is 0.392. The number of nitrogens with one attached hydrogen (secondary N) is 2. The van der Waals surface area contributed by atoms with Crippen molar-refractivity contribution in [3.05, 3.63) is 76.2 Å². The number of anilines is 1.